The molecule has 2 atom stereocenters. The predicted octanol–water partition coefficient (Wildman–Crippen LogP) is 3.06. The van der Waals surface area contributed by atoms with Crippen LogP contribution in [-0.4, -0.2) is 98.0 Å². The highest BCUT2D eigenvalue weighted by molar-refractivity contribution is 14.0. The maximum Gasteiger partial charge on any atom is 0.194 e. The van der Waals surface area contributed by atoms with Gasteiger partial charge in [-0.1, -0.05) is 19.3 Å². The van der Waals surface area contributed by atoms with Crippen LogP contribution in [-0.2, 0) is 9.47 Å². The van der Waals surface area contributed by atoms with E-state index in [-0.39, 0.29) is 24.0 Å². The lowest BCUT2D eigenvalue weighted by molar-refractivity contribution is 0.00363. The molecule has 174 valence electrons. The summed E-state index contributed by atoms with van der Waals surface area (Å²) >= 11 is 2.23. The van der Waals surface area contributed by atoms with Crippen LogP contribution in [0.2, 0.25) is 0 Å². The molecule has 0 bridgehead atoms. The summed E-state index contributed by atoms with van der Waals surface area (Å²) in [6.07, 6.45) is 8.14. The molecule has 0 radical (unpaired) electrons. The van der Waals surface area contributed by atoms with Crippen LogP contribution in [0.15, 0.2) is 4.99 Å². The molecule has 4 fully saturated rings. The van der Waals surface area contributed by atoms with Crippen LogP contribution in [0.4, 0.5) is 0 Å². The summed E-state index contributed by atoms with van der Waals surface area (Å²) in [7, 11) is 0. The van der Waals surface area contributed by atoms with E-state index in [9.17, 15) is 0 Å². The highest BCUT2D eigenvalue weighted by atomic mass is 127. The van der Waals surface area contributed by atoms with Crippen LogP contribution < -0.4 is 5.32 Å². The number of aliphatic imine (C=N–C) groups is 1. The molecule has 3 saturated heterocycles. The molecule has 6 nitrogen and oxygen atoms in total. The van der Waals surface area contributed by atoms with Crippen molar-refractivity contribution < 1.29 is 9.47 Å². The number of rotatable bonds is 5. The Balaban J connectivity index is 0.00000256. The number of halogens is 1. The van der Waals surface area contributed by atoms with Gasteiger partial charge in [-0.2, -0.15) is 11.8 Å². The Morgan fingerprint density at radius 3 is 2.63 bits per heavy atom. The van der Waals surface area contributed by atoms with Crippen molar-refractivity contribution in [3.8, 4) is 0 Å². The number of nitrogens with one attached hydrogen (secondary N) is 1. The standard InChI is InChI=1S/C22H40N4O2S.HI/c1-2-23-21(26-11-15-29-22(18-26)7-4-3-5-8-22)24-16-20(19-6-12-28-17-19)25-9-13-27-14-10-25;/h19-20H,2-18H2,1H3,(H,23,24);1H. The third-order valence-electron chi connectivity index (χ3n) is 7.10. The van der Waals surface area contributed by atoms with Gasteiger partial charge in [-0.15, -0.1) is 24.0 Å². The maximum absolute atomic E-state index is 5.74. The summed E-state index contributed by atoms with van der Waals surface area (Å²) in [5, 5.41) is 3.62. The minimum atomic E-state index is 0. The van der Waals surface area contributed by atoms with Crippen molar-refractivity contribution in [2.45, 2.75) is 56.2 Å². The Bertz CT molecular complexity index is 530. The molecule has 2 unspecified atom stereocenters. The fraction of sp³-hybridized carbons (Fsp3) is 0.955. The molecule has 1 spiro atoms. The first kappa shape index (κ1) is 24.9. The third kappa shape index (κ3) is 6.39. The zero-order valence-corrected chi connectivity index (χ0v) is 21.8. The molecule has 3 heterocycles. The van der Waals surface area contributed by atoms with Crippen LogP contribution in [0.1, 0.15) is 45.4 Å². The number of ether oxygens (including phenoxy) is 2. The molecule has 0 aromatic rings. The smallest absolute Gasteiger partial charge is 0.194 e. The zero-order valence-electron chi connectivity index (χ0n) is 18.7. The summed E-state index contributed by atoms with van der Waals surface area (Å²) < 4.78 is 11.8. The molecule has 1 N–H and O–H groups in total. The fourth-order valence-electron chi connectivity index (χ4n) is 5.46. The van der Waals surface area contributed by atoms with E-state index in [1.807, 2.05) is 0 Å². The van der Waals surface area contributed by atoms with E-state index in [1.165, 1.54) is 37.9 Å². The third-order valence-corrected chi connectivity index (χ3v) is 8.64. The van der Waals surface area contributed by atoms with E-state index in [1.54, 1.807) is 0 Å². The van der Waals surface area contributed by atoms with Gasteiger partial charge in [0.1, 0.15) is 0 Å². The number of nitrogens with zero attached hydrogens (tertiary/aromatic N) is 3. The molecule has 1 aliphatic carbocycles. The minimum absolute atomic E-state index is 0. The first-order valence-corrected chi connectivity index (χ1v) is 12.8. The molecule has 3 aliphatic heterocycles. The van der Waals surface area contributed by atoms with Crippen molar-refractivity contribution in [3.05, 3.63) is 0 Å². The normalized spacial score (nSPS) is 28.9. The molecular weight excluding hydrogens is 511 g/mol. The zero-order chi connectivity index (χ0) is 19.9. The van der Waals surface area contributed by atoms with Gasteiger partial charge in [-0.3, -0.25) is 9.89 Å². The number of hydrogen-bond acceptors (Lipinski definition) is 5. The molecule has 4 rings (SSSR count). The van der Waals surface area contributed by atoms with Gasteiger partial charge >= 0.3 is 0 Å². The van der Waals surface area contributed by atoms with Gasteiger partial charge in [-0.25, -0.2) is 0 Å². The molecular formula is C22H41IN4O2S. The largest absolute Gasteiger partial charge is 0.381 e. The SMILES string of the molecule is CCNC(=NCC(C1CCOC1)N1CCOCC1)N1CCSC2(CCCCC2)C1.I. The van der Waals surface area contributed by atoms with Gasteiger partial charge in [0.2, 0.25) is 0 Å². The lowest BCUT2D eigenvalue weighted by Crippen LogP contribution is -2.54. The highest BCUT2D eigenvalue weighted by Crippen LogP contribution is 2.42. The number of morpholine rings is 1. The van der Waals surface area contributed by atoms with Gasteiger partial charge in [0, 0.05) is 61.8 Å². The van der Waals surface area contributed by atoms with Crippen LogP contribution in [0.25, 0.3) is 0 Å². The second-order valence-corrected chi connectivity index (χ2v) is 10.6. The second-order valence-electron chi connectivity index (χ2n) is 9.05. The van der Waals surface area contributed by atoms with E-state index in [0.717, 1.165) is 78.1 Å². The number of thioether (sulfide) groups is 1. The Kier molecular flexibility index (Phi) is 10.3. The van der Waals surface area contributed by atoms with Crippen molar-refractivity contribution in [3.63, 3.8) is 0 Å². The quantitative estimate of drug-likeness (QED) is 0.322. The average Bonchev–Trinajstić information content (AvgIpc) is 3.29. The number of guanidine groups is 1. The van der Waals surface area contributed by atoms with Crippen molar-refractivity contribution >= 4 is 41.7 Å². The van der Waals surface area contributed by atoms with E-state index in [2.05, 4.69) is 33.8 Å². The van der Waals surface area contributed by atoms with Gasteiger partial charge in [0.25, 0.3) is 0 Å². The highest BCUT2D eigenvalue weighted by Gasteiger charge is 2.38. The Morgan fingerprint density at radius 1 is 1.13 bits per heavy atom. The lowest BCUT2D eigenvalue weighted by Gasteiger charge is -2.45. The second kappa shape index (κ2) is 12.5. The fourth-order valence-corrected chi connectivity index (χ4v) is 7.03. The van der Waals surface area contributed by atoms with Crippen molar-refractivity contribution in [1.82, 2.24) is 15.1 Å². The van der Waals surface area contributed by atoms with Crippen LogP contribution >= 0.6 is 35.7 Å². The van der Waals surface area contributed by atoms with Crippen LogP contribution in [0, 0.1) is 5.92 Å². The first-order valence-electron chi connectivity index (χ1n) is 11.9. The molecule has 1 saturated carbocycles. The monoisotopic (exact) mass is 552 g/mol. The molecule has 0 aromatic heterocycles. The van der Waals surface area contributed by atoms with Gasteiger partial charge in [0.05, 0.1) is 26.4 Å². The molecule has 0 aromatic carbocycles. The van der Waals surface area contributed by atoms with E-state index < -0.39 is 0 Å². The average molecular weight is 553 g/mol. The van der Waals surface area contributed by atoms with Gasteiger partial charge in [0.15, 0.2) is 5.96 Å². The van der Waals surface area contributed by atoms with Crippen molar-refractivity contribution in [2.75, 3.05) is 71.4 Å². The summed E-state index contributed by atoms with van der Waals surface area (Å²) in [6, 6.07) is 0.470. The maximum atomic E-state index is 5.74. The summed E-state index contributed by atoms with van der Waals surface area (Å²) in [6.45, 7) is 11.8. The van der Waals surface area contributed by atoms with Gasteiger partial charge in [-0.05, 0) is 26.2 Å². The van der Waals surface area contributed by atoms with E-state index in [4.69, 9.17) is 14.5 Å². The van der Waals surface area contributed by atoms with Crippen molar-refractivity contribution in [1.29, 1.82) is 0 Å². The number of hydrogen-bond donors (Lipinski definition) is 1. The molecule has 4 aliphatic rings. The van der Waals surface area contributed by atoms with Crippen LogP contribution in [0.5, 0.6) is 0 Å². The van der Waals surface area contributed by atoms with E-state index in [0.29, 0.717) is 16.7 Å². The molecule has 8 heteroatoms. The van der Waals surface area contributed by atoms with Crippen LogP contribution in [0.3, 0.4) is 0 Å². The van der Waals surface area contributed by atoms with Crippen molar-refractivity contribution in [2.24, 2.45) is 10.9 Å². The Morgan fingerprint density at radius 2 is 1.93 bits per heavy atom. The minimum Gasteiger partial charge on any atom is -0.381 e. The summed E-state index contributed by atoms with van der Waals surface area (Å²) in [4.78, 5) is 10.4. The topological polar surface area (TPSA) is 49.3 Å². The Labute approximate surface area is 204 Å². The summed E-state index contributed by atoms with van der Waals surface area (Å²) in [5.74, 6) is 2.96. The van der Waals surface area contributed by atoms with Gasteiger partial charge < -0.3 is 19.7 Å². The first-order chi connectivity index (χ1) is 14.3. The Hall–Kier alpha value is 0.230. The molecule has 0 amide bonds. The molecule has 30 heavy (non-hydrogen) atoms. The summed E-state index contributed by atoms with van der Waals surface area (Å²) in [5.41, 5.74) is 0. The lowest BCUT2D eigenvalue weighted by atomic mass is 9.87. The van der Waals surface area contributed by atoms with E-state index >= 15 is 0 Å². The predicted molar refractivity (Wildman–Crippen MR) is 136 cm³/mol.